The molecular formula is C14H11BrF3NO2. The maximum atomic E-state index is 12.9. The van der Waals surface area contributed by atoms with Gasteiger partial charge in [-0.1, -0.05) is 28.1 Å². The summed E-state index contributed by atoms with van der Waals surface area (Å²) < 4.78 is 39.2. The van der Waals surface area contributed by atoms with Crippen LogP contribution in [0.4, 0.5) is 18.9 Å². The van der Waals surface area contributed by atoms with Gasteiger partial charge in [-0.15, -0.1) is 0 Å². The van der Waals surface area contributed by atoms with E-state index in [-0.39, 0.29) is 23.7 Å². The lowest BCUT2D eigenvalue weighted by Gasteiger charge is -2.15. The van der Waals surface area contributed by atoms with Crippen molar-refractivity contribution in [3.8, 4) is 11.5 Å². The van der Waals surface area contributed by atoms with Crippen LogP contribution in [0.1, 0.15) is 11.1 Å². The number of alkyl halides is 3. The molecule has 0 heterocycles. The minimum Gasteiger partial charge on any atom is -0.504 e. The van der Waals surface area contributed by atoms with E-state index in [0.717, 1.165) is 6.07 Å². The van der Waals surface area contributed by atoms with Crippen molar-refractivity contribution in [2.45, 2.75) is 12.7 Å². The molecular weight excluding hydrogens is 351 g/mol. The van der Waals surface area contributed by atoms with Gasteiger partial charge in [-0.25, -0.2) is 0 Å². The topological polar surface area (TPSA) is 52.5 Å². The van der Waals surface area contributed by atoms with Gasteiger partial charge in [0, 0.05) is 22.3 Å². The molecule has 0 atom stereocenters. The summed E-state index contributed by atoms with van der Waals surface area (Å²) in [7, 11) is 0. The number of aromatic hydroxyl groups is 2. The molecule has 0 bridgehead atoms. The molecule has 0 saturated heterocycles. The highest BCUT2D eigenvalue weighted by atomic mass is 79.9. The quantitative estimate of drug-likeness (QED) is 0.706. The zero-order valence-electron chi connectivity index (χ0n) is 10.6. The molecule has 3 nitrogen and oxygen atoms in total. The third-order valence-corrected chi connectivity index (χ3v) is 3.35. The van der Waals surface area contributed by atoms with Gasteiger partial charge in [0.2, 0.25) is 0 Å². The van der Waals surface area contributed by atoms with E-state index in [0.29, 0.717) is 10.0 Å². The van der Waals surface area contributed by atoms with Crippen molar-refractivity contribution in [3.63, 3.8) is 0 Å². The third kappa shape index (κ3) is 3.60. The van der Waals surface area contributed by atoms with Crippen LogP contribution in [0.25, 0.3) is 0 Å². The maximum absolute atomic E-state index is 12.9. The first-order chi connectivity index (χ1) is 9.79. The van der Waals surface area contributed by atoms with E-state index >= 15 is 0 Å². The molecule has 2 aromatic carbocycles. The molecule has 0 radical (unpaired) electrons. The molecule has 0 saturated carbocycles. The van der Waals surface area contributed by atoms with Crippen LogP contribution in [0.3, 0.4) is 0 Å². The van der Waals surface area contributed by atoms with Gasteiger partial charge < -0.3 is 15.5 Å². The fraction of sp³-hybridized carbons (Fsp3) is 0.143. The van der Waals surface area contributed by atoms with Crippen molar-refractivity contribution in [1.29, 1.82) is 0 Å². The second-order valence-electron chi connectivity index (χ2n) is 4.33. The van der Waals surface area contributed by atoms with E-state index in [9.17, 15) is 23.4 Å². The first-order valence-corrected chi connectivity index (χ1v) is 6.69. The Hall–Kier alpha value is -1.89. The molecule has 0 spiro atoms. The largest absolute Gasteiger partial charge is 0.504 e. The first kappa shape index (κ1) is 15.5. The van der Waals surface area contributed by atoms with Crippen LogP contribution in [0.2, 0.25) is 0 Å². The Morgan fingerprint density at radius 1 is 1.10 bits per heavy atom. The van der Waals surface area contributed by atoms with Crippen LogP contribution >= 0.6 is 15.9 Å². The number of anilines is 1. The third-order valence-electron chi connectivity index (χ3n) is 2.85. The fourth-order valence-electron chi connectivity index (χ4n) is 1.82. The SMILES string of the molecule is Oc1cccc(CNc2ccc(Br)cc2C(F)(F)F)c1O. The van der Waals surface area contributed by atoms with Crippen molar-refractivity contribution in [2.75, 3.05) is 5.32 Å². The van der Waals surface area contributed by atoms with E-state index < -0.39 is 11.7 Å². The van der Waals surface area contributed by atoms with Crippen molar-refractivity contribution in [1.82, 2.24) is 0 Å². The summed E-state index contributed by atoms with van der Waals surface area (Å²) in [6.07, 6.45) is -4.49. The number of phenolic OH excluding ortho intramolecular Hbond substituents is 2. The van der Waals surface area contributed by atoms with Crippen molar-refractivity contribution >= 4 is 21.6 Å². The number of benzene rings is 2. The Morgan fingerprint density at radius 2 is 1.81 bits per heavy atom. The van der Waals surface area contributed by atoms with Gasteiger partial charge in [-0.05, 0) is 24.3 Å². The van der Waals surface area contributed by atoms with Gasteiger partial charge >= 0.3 is 6.18 Å². The van der Waals surface area contributed by atoms with Crippen LogP contribution in [-0.2, 0) is 12.7 Å². The minimum atomic E-state index is -4.49. The molecule has 0 unspecified atom stereocenters. The smallest absolute Gasteiger partial charge is 0.418 e. The Labute approximate surface area is 127 Å². The Balaban J connectivity index is 2.26. The average Bonchev–Trinajstić information content (AvgIpc) is 2.40. The van der Waals surface area contributed by atoms with E-state index in [4.69, 9.17) is 0 Å². The lowest BCUT2D eigenvalue weighted by atomic mass is 10.1. The number of phenols is 2. The monoisotopic (exact) mass is 361 g/mol. The predicted molar refractivity (Wildman–Crippen MR) is 76.2 cm³/mol. The summed E-state index contributed by atoms with van der Waals surface area (Å²) in [6, 6.07) is 8.06. The molecule has 3 N–H and O–H groups in total. The summed E-state index contributed by atoms with van der Waals surface area (Å²) in [5, 5.41) is 21.6. The molecule has 7 heteroatoms. The van der Waals surface area contributed by atoms with Gasteiger partial charge in [0.15, 0.2) is 11.5 Å². The molecule has 112 valence electrons. The molecule has 21 heavy (non-hydrogen) atoms. The number of halogens is 4. The van der Waals surface area contributed by atoms with Gasteiger partial charge in [0.1, 0.15) is 0 Å². The first-order valence-electron chi connectivity index (χ1n) is 5.89. The van der Waals surface area contributed by atoms with Crippen molar-refractivity contribution in [2.24, 2.45) is 0 Å². The number of nitrogens with one attached hydrogen (secondary N) is 1. The van der Waals surface area contributed by atoms with Gasteiger partial charge in [-0.2, -0.15) is 13.2 Å². The summed E-state index contributed by atoms with van der Waals surface area (Å²) in [5.74, 6) is -0.670. The van der Waals surface area contributed by atoms with Crippen molar-refractivity contribution < 1.29 is 23.4 Å². The highest BCUT2D eigenvalue weighted by Crippen LogP contribution is 2.37. The van der Waals surface area contributed by atoms with E-state index in [1.54, 1.807) is 0 Å². The highest BCUT2D eigenvalue weighted by molar-refractivity contribution is 9.10. The number of hydrogen-bond acceptors (Lipinski definition) is 3. The van der Waals surface area contributed by atoms with Gasteiger partial charge in [0.25, 0.3) is 0 Å². The molecule has 0 fully saturated rings. The van der Waals surface area contributed by atoms with Gasteiger partial charge in [0.05, 0.1) is 5.56 Å². The molecule has 2 rings (SSSR count). The highest BCUT2D eigenvalue weighted by Gasteiger charge is 2.33. The molecule has 0 aliphatic rings. The van der Waals surface area contributed by atoms with Gasteiger partial charge in [-0.3, -0.25) is 0 Å². The summed E-state index contributed by atoms with van der Waals surface area (Å²) in [6.45, 7) is -0.0506. The molecule has 0 aliphatic heterocycles. The van der Waals surface area contributed by atoms with Crippen LogP contribution in [-0.4, -0.2) is 10.2 Å². The molecule has 0 amide bonds. The minimum absolute atomic E-state index is 0.0506. The normalized spacial score (nSPS) is 11.4. The average molecular weight is 362 g/mol. The lowest BCUT2D eigenvalue weighted by molar-refractivity contribution is -0.137. The lowest BCUT2D eigenvalue weighted by Crippen LogP contribution is -2.11. The molecule has 0 aromatic heterocycles. The second-order valence-corrected chi connectivity index (χ2v) is 5.24. The summed E-state index contributed by atoms with van der Waals surface area (Å²) >= 11 is 3.01. The second kappa shape index (κ2) is 5.85. The standard InChI is InChI=1S/C14H11BrF3NO2/c15-9-4-5-11(10(6-9)14(16,17)18)19-7-8-2-1-3-12(20)13(8)21/h1-6,19-21H,7H2. The summed E-state index contributed by atoms with van der Waals surface area (Å²) in [4.78, 5) is 0. The zero-order valence-corrected chi connectivity index (χ0v) is 12.2. The van der Waals surface area contributed by atoms with E-state index in [2.05, 4.69) is 21.2 Å². The molecule has 2 aromatic rings. The predicted octanol–water partition coefficient (Wildman–Crippen LogP) is 4.49. The van der Waals surface area contributed by atoms with Crippen molar-refractivity contribution in [3.05, 3.63) is 52.0 Å². The number of hydrogen-bond donors (Lipinski definition) is 3. The van der Waals surface area contributed by atoms with Crippen LogP contribution in [0.15, 0.2) is 40.9 Å². The summed E-state index contributed by atoms with van der Waals surface area (Å²) in [5.41, 5.74) is -0.615. The fourth-order valence-corrected chi connectivity index (χ4v) is 2.18. The maximum Gasteiger partial charge on any atom is 0.418 e. The molecule has 0 aliphatic carbocycles. The van der Waals surface area contributed by atoms with Crippen LogP contribution in [0, 0.1) is 0 Å². The Bertz CT molecular complexity index is 659. The number of rotatable bonds is 3. The number of para-hydroxylation sites is 1. The van der Waals surface area contributed by atoms with Crippen LogP contribution in [0.5, 0.6) is 11.5 Å². The van der Waals surface area contributed by atoms with E-state index in [1.807, 2.05) is 0 Å². The van der Waals surface area contributed by atoms with E-state index in [1.165, 1.54) is 30.3 Å². The van der Waals surface area contributed by atoms with Crippen LogP contribution < -0.4 is 5.32 Å². The Morgan fingerprint density at radius 3 is 2.48 bits per heavy atom. The zero-order chi connectivity index (χ0) is 15.6. The Kier molecular flexibility index (Phi) is 4.32.